The van der Waals surface area contributed by atoms with Crippen molar-refractivity contribution in [2.75, 3.05) is 14.2 Å². The summed E-state index contributed by atoms with van der Waals surface area (Å²) in [7, 11) is 3.32. The molecule has 0 N–H and O–H groups in total. The van der Waals surface area contributed by atoms with Crippen LogP contribution in [0.3, 0.4) is 0 Å². The Bertz CT molecular complexity index is 1200. The van der Waals surface area contributed by atoms with Crippen molar-refractivity contribution >= 4 is 0 Å². The molecule has 0 heterocycles. The molecule has 1 aliphatic carbocycles. The second kappa shape index (κ2) is 11.0. The third-order valence-electron chi connectivity index (χ3n) is 7.94. The van der Waals surface area contributed by atoms with E-state index in [0.717, 1.165) is 41.7 Å². The highest BCUT2D eigenvalue weighted by Gasteiger charge is 2.32. The first kappa shape index (κ1) is 26.2. The van der Waals surface area contributed by atoms with E-state index in [1.807, 2.05) is 12.1 Å². The molecule has 0 radical (unpaired) electrons. The molecule has 3 aromatic carbocycles. The number of halogens is 1. The molecule has 4 rings (SSSR count). The van der Waals surface area contributed by atoms with Crippen molar-refractivity contribution in [2.45, 2.75) is 72.0 Å². The SMILES string of the molecule is CC[C@@H]1CCc2ccc(OCc3ccc(-c4cc(OC)ccc4F)c(C(OC)C(C)(C)CC)c3)cc21. The van der Waals surface area contributed by atoms with Crippen LogP contribution in [-0.2, 0) is 17.8 Å². The molecule has 0 spiro atoms. The Labute approximate surface area is 215 Å². The third kappa shape index (κ3) is 5.29. The predicted molar refractivity (Wildman–Crippen MR) is 144 cm³/mol. The van der Waals surface area contributed by atoms with E-state index in [1.165, 1.54) is 23.6 Å². The molecule has 0 amide bonds. The van der Waals surface area contributed by atoms with E-state index < -0.39 is 0 Å². The van der Waals surface area contributed by atoms with Gasteiger partial charge in [0.15, 0.2) is 0 Å². The average Bonchev–Trinajstić information content (AvgIpc) is 3.30. The molecule has 192 valence electrons. The number of hydrogen-bond donors (Lipinski definition) is 0. The summed E-state index contributed by atoms with van der Waals surface area (Å²) in [6.07, 6.45) is 4.25. The van der Waals surface area contributed by atoms with E-state index in [9.17, 15) is 0 Å². The lowest BCUT2D eigenvalue weighted by Gasteiger charge is -2.34. The minimum absolute atomic E-state index is 0.145. The van der Waals surface area contributed by atoms with Gasteiger partial charge in [-0.05, 0) is 101 Å². The van der Waals surface area contributed by atoms with Crippen LogP contribution in [0.1, 0.15) is 81.2 Å². The Balaban J connectivity index is 1.70. The van der Waals surface area contributed by atoms with Crippen LogP contribution < -0.4 is 9.47 Å². The number of hydrogen-bond acceptors (Lipinski definition) is 3. The third-order valence-corrected chi connectivity index (χ3v) is 7.94. The van der Waals surface area contributed by atoms with E-state index in [4.69, 9.17) is 14.2 Å². The number of aryl methyl sites for hydroxylation is 1. The standard InChI is InChI=1S/C32H39FO3/c1-7-22-10-11-23-12-13-25(19-27(22)23)36-20-21-9-15-26(28-18-24(34-5)14-16-30(28)33)29(17-21)31(35-6)32(3,4)8-2/h9,12-19,22,31H,7-8,10-11,20H2,1-6H3/t22-,31?/m1/s1. The zero-order valence-electron chi connectivity index (χ0n) is 22.5. The van der Waals surface area contributed by atoms with Crippen LogP contribution in [0.25, 0.3) is 11.1 Å². The van der Waals surface area contributed by atoms with Crippen LogP contribution in [-0.4, -0.2) is 14.2 Å². The molecule has 1 unspecified atom stereocenters. The monoisotopic (exact) mass is 490 g/mol. The number of ether oxygens (including phenoxy) is 3. The molecule has 4 heteroatoms. The van der Waals surface area contributed by atoms with Gasteiger partial charge < -0.3 is 14.2 Å². The second-order valence-electron chi connectivity index (χ2n) is 10.5. The van der Waals surface area contributed by atoms with Crippen molar-refractivity contribution in [3.63, 3.8) is 0 Å². The second-order valence-corrected chi connectivity index (χ2v) is 10.5. The van der Waals surface area contributed by atoms with Crippen LogP contribution in [0.5, 0.6) is 11.5 Å². The summed E-state index contributed by atoms with van der Waals surface area (Å²) in [5, 5.41) is 0. The molecule has 0 aliphatic heterocycles. The van der Waals surface area contributed by atoms with Crippen LogP contribution >= 0.6 is 0 Å². The van der Waals surface area contributed by atoms with Gasteiger partial charge in [0, 0.05) is 12.7 Å². The molecule has 2 atom stereocenters. The molecular formula is C32H39FO3. The number of benzene rings is 3. The van der Waals surface area contributed by atoms with Gasteiger partial charge in [0.1, 0.15) is 23.9 Å². The quantitative estimate of drug-likeness (QED) is 0.285. The Morgan fingerprint density at radius 3 is 2.42 bits per heavy atom. The molecule has 36 heavy (non-hydrogen) atoms. The maximum absolute atomic E-state index is 15.0. The van der Waals surface area contributed by atoms with Gasteiger partial charge >= 0.3 is 0 Å². The molecule has 1 aliphatic rings. The topological polar surface area (TPSA) is 27.7 Å². The van der Waals surface area contributed by atoms with E-state index in [1.54, 1.807) is 26.4 Å². The van der Waals surface area contributed by atoms with Crippen LogP contribution in [0.2, 0.25) is 0 Å². The van der Waals surface area contributed by atoms with Gasteiger partial charge in [0.25, 0.3) is 0 Å². The maximum atomic E-state index is 15.0. The molecule has 0 saturated heterocycles. The highest BCUT2D eigenvalue weighted by molar-refractivity contribution is 5.70. The Hall–Kier alpha value is -2.85. The summed E-state index contributed by atoms with van der Waals surface area (Å²) < 4.78 is 32.7. The van der Waals surface area contributed by atoms with Gasteiger partial charge in [0.05, 0.1) is 13.2 Å². The van der Waals surface area contributed by atoms with Crippen molar-refractivity contribution in [1.82, 2.24) is 0 Å². The summed E-state index contributed by atoms with van der Waals surface area (Å²) in [4.78, 5) is 0. The summed E-state index contributed by atoms with van der Waals surface area (Å²) >= 11 is 0. The first-order valence-corrected chi connectivity index (χ1v) is 13.1. The first-order chi connectivity index (χ1) is 17.3. The lowest BCUT2D eigenvalue weighted by Crippen LogP contribution is -2.24. The molecule has 0 saturated carbocycles. The Morgan fingerprint density at radius 1 is 0.944 bits per heavy atom. The van der Waals surface area contributed by atoms with E-state index in [0.29, 0.717) is 23.8 Å². The average molecular weight is 491 g/mol. The fraction of sp³-hybridized carbons (Fsp3) is 0.438. The smallest absolute Gasteiger partial charge is 0.131 e. The van der Waals surface area contributed by atoms with E-state index in [-0.39, 0.29) is 17.3 Å². The Morgan fingerprint density at radius 2 is 1.72 bits per heavy atom. The fourth-order valence-corrected chi connectivity index (χ4v) is 5.40. The minimum atomic E-state index is -0.283. The van der Waals surface area contributed by atoms with E-state index >= 15 is 4.39 Å². The van der Waals surface area contributed by atoms with Gasteiger partial charge in [-0.1, -0.05) is 45.9 Å². The fourth-order valence-electron chi connectivity index (χ4n) is 5.40. The van der Waals surface area contributed by atoms with Crippen molar-refractivity contribution in [3.05, 3.63) is 82.7 Å². The van der Waals surface area contributed by atoms with Crippen molar-refractivity contribution in [2.24, 2.45) is 5.41 Å². The van der Waals surface area contributed by atoms with Gasteiger partial charge in [0.2, 0.25) is 0 Å². The zero-order chi connectivity index (χ0) is 25.9. The number of methoxy groups -OCH3 is 2. The number of fused-ring (bicyclic) bond motifs is 1. The Kier molecular flexibility index (Phi) is 8.04. The van der Waals surface area contributed by atoms with Crippen molar-refractivity contribution < 1.29 is 18.6 Å². The highest BCUT2D eigenvalue weighted by atomic mass is 19.1. The zero-order valence-corrected chi connectivity index (χ0v) is 22.5. The van der Waals surface area contributed by atoms with Crippen LogP contribution in [0, 0.1) is 11.2 Å². The molecule has 3 nitrogen and oxygen atoms in total. The van der Waals surface area contributed by atoms with Crippen LogP contribution in [0.4, 0.5) is 4.39 Å². The highest BCUT2D eigenvalue weighted by Crippen LogP contribution is 2.44. The lowest BCUT2D eigenvalue weighted by molar-refractivity contribution is 0.00322. The molecule has 0 fully saturated rings. The van der Waals surface area contributed by atoms with Gasteiger partial charge in [-0.2, -0.15) is 0 Å². The largest absolute Gasteiger partial charge is 0.497 e. The van der Waals surface area contributed by atoms with E-state index in [2.05, 4.69) is 52.0 Å². The molecule has 3 aromatic rings. The van der Waals surface area contributed by atoms with Gasteiger partial charge in [-0.25, -0.2) is 4.39 Å². The summed E-state index contributed by atoms with van der Waals surface area (Å²) in [6, 6.07) is 17.5. The molecule has 0 aromatic heterocycles. The predicted octanol–water partition coefficient (Wildman–Crippen LogP) is 8.64. The van der Waals surface area contributed by atoms with Gasteiger partial charge in [-0.3, -0.25) is 0 Å². The normalized spacial score (nSPS) is 16.0. The maximum Gasteiger partial charge on any atom is 0.131 e. The summed E-state index contributed by atoms with van der Waals surface area (Å²) in [6.45, 7) is 9.22. The first-order valence-electron chi connectivity index (χ1n) is 13.1. The van der Waals surface area contributed by atoms with Gasteiger partial charge in [-0.15, -0.1) is 0 Å². The number of rotatable bonds is 10. The van der Waals surface area contributed by atoms with Crippen LogP contribution in [0.15, 0.2) is 54.6 Å². The molecular weight excluding hydrogens is 451 g/mol. The summed E-state index contributed by atoms with van der Waals surface area (Å²) in [5.41, 5.74) is 6.04. The van der Waals surface area contributed by atoms with Crippen molar-refractivity contribution in [1.29, 1.82) is 0 Å². The van der Waals surface area contributed by atoms with Crippen molar-refractivity contribution in [3.8, 4) is 22.6 Å². The lowest BCUT2D eigenvalue weighted by atomic mass is 9.77. The minimum Gasteiger partial charge on any atom is -0.497 e. The molecule has 0 bridgehead atoms. The summed E-state index contributed by atoms with van der Waals surface area (Å²) in [5.74, 6) is 1.87.